The lowest BCUT2D eigenvalue weighted by molar-refractivity contribution is 0.228. The van der Waals surface area contributed by atoms with Crippen LogP contribution >= 0.6 is 0 Å². The first kappa shape index (κ1) is 23.9. The molecular formula is C25H37NO4. The number of methoxy groups -OCH3 is 2. The van der Waals surface area contributed by atoms with Crippen molar-refractivity contribution < 1.29 is 19.3 Å². The van der Waals surface area contributed by atoms with Crippen molar-refractivity contribution in [3.63, 3.8) is 0 Å². The summed E-state index contributed by atoms with van der Waals surface area (Å²) in [4.78, 5) is 2.22. The predicted octanol–water partition coefficient (Wildman–Crippen LogP) is 5.28. The van der Waals surface area contributed by atoms with Crippen LogP contribution in [0.2, 0.25) is 0 Å². The van der Waals surface area contributed by atoms with Gasteiger partial charge in [-0.05, 0) is 75.0 Å². The van der Waals surface area contributed by atoms with Crippen molar-refractivity contribution in [3.05, 3.63) is 45.5 Å². The van der Waals surface area contributed by atoms with Crippen LogP contribution < -0.4 is 14.2 Å². The summed E-state index contributed by atoms with van der Waals surface area (Å²) in [7, 11) is 5.52. The van der Waals surface area contributed by atoms with Crippen LogP contribution in [-0.2, 0) is 6.54 Å². The van der Waals surface area contributed by atoms with Crippen LogP contribution in [-0.4, -0.2) is 44.4 Å². The highest BCUT2D eigenvalue weighted by Crippen LogP contribution is 2.38. The van der Waals surface area contributed by atoms with Gasteiger partial charge in [0.15, 0.2) is 0 Å². The molecule has 2 aromatic carbocycles. The van der Waals surface area contributed by atoms with Crippen molar-refractivity contribution in [1.29, 1.82) is 0 Å². The van der Waals surface area contributed by atoms with Crippen LogP contribution in [0.5, 0.6) is 23.0 Å². The third-order valence-corrected chi connectivity index (χ3v) is 5.83. The summed E-state index contributed by atoms with van der Waals surface area (Å²) >= 11 is 0. The number of aromatic hydroxyl groups is 1. The second-order valence-electron chi connectivity index (χ2n) is 8.34. The lowest BCUT2D eigenvalue weighted by Crippen LogP contribution is -2.25. The molecule has 30 heavy (non-hydrogen) atoms. The molecule has 0 unspecified atom stereocenters. The first-order chi connectivity index (χ1) is 14.1. The van der Waals surface area contributed by atoms with E-state index in [-0.39, 0.29) is 5.92 Å². The van der Waals surface area contributed by atoms with Crippen LogP contribution in [0.1, 0.15) is 53.1 Å². The van der Waals surface area contributed by atoms with E-state index in [0.717, 1.165) is 63.7 Å². The van der Waals surface area contributed by atoms with Gasteiger partial charge in [-0.1, -0.05) is 13.8 Å². The van der Waals surface area contributed by atoms with E-state index >= 15 is 0 Å². The van der Waals surface area contributed by atoms with Gasteiger partial charge in [0, 0.05) is 24.2 Å². The summed E-state index contributed by atoms with van der Waals surface area (Å²) in [6.07, 6.45) is 0. The van der Waals surface area contributed by atoms with E-state index in [1.807, 2.05) is 19.1 Å². The molecular weight excluding hydrogens is 378 g/mol. The van der Waals surface area contributed by atoms with Crippen molar-refractivity contribution in [2.45, 2.75) is 54.0 Å². The SMILES string of the molecule is COc1c(C)c(C)c(OC)c(CN(C)CCOc2cc(C)c(O)cc2C(C)C)c1C. The smallest absolute Gasteiger partial charge is 0.127 e. The number of aryl methyl sites for hydroxylation is 1. The zero-order valence-electron chi connectivity index (χ0n) is 20.0. The van der Waals surface area contributed by atoms with E-state index in [4.69, 9.17) is 14.2 Å². The van der Waals surface area contributed by atoms with Crippen molar-refractivity contribution in [1.82, 2.24) is 4.90 Å². The highest BCUT2D eigenvalue weighted by molar-refractivity contribution is 5.58. The number of phenolic OH excluding ortho intramolecular Hbond substituents is 1. The lowest BCUT2D eigenvalue weighted by Gasteiger charge is -2.24. The van der Waals surface area contributed by atoms with Gasteiger partial charge in [0.2, 0.25) is 0 Å². The van der Waals surface area contributed by atoms with Gasteiger partial charge in [0.05, 0.1) is 14.2 Å². The van der Waals surface area contributed by atoms with Gasteiger partial charge in [-0.15, -0.1) is 0 Å². The third-order valence-electron chi connectivity index (χ3n) is 5.83. The normalized spacial score (nSPS) is 11.3. The number of ether oxygens (including phenoxy) is 3. The summed E-state index contributed by atoms with van der Waals surface area (Å²) in [5.74, 6) is 3.28. The monoisotopic (exact) mass is 415 g/mol. The first-order valence-electron chi connectivity index (χ1n) is 10.5. The summed E-state index contributed by atoms with van der Waals surface area (Å²) in [5.41, 5.74) is 6.33. The number of hydrogen-bond donors (Lipinski definition) is 1. The molecule has 0 bridgehead atoms. The van der Waals surface area contributed by atoms with E-state index in [1.165, 1.54) is 0 Å². The van der Waals surface area contributed by atoms with Crippen molar-refractivity contribution >= 4 is 0 Å². The topological polar surface area (TPSA) is 51.2 Å². The van der Waals surface area contributed by atoms with Crippen LogP contribution in [0.3, 0.4) is 0 Å². The fourth-order valence-electron chi connectivity index (χ4n) is 3.85. The molecule has 5 nitrogen and oxygen atoms in total. The molecule has 0 aromatic heterocycles. The molecule has 0 spiro atoms. The zero-order valence-corrected chi connectivity index (χ0v) is 20.0. The third kappa shape index (κ3) is 5.01. The average Bonchev–Trinajstić information content (AvgIpc) is 2.69. The summed E-state index contributed by atoms with van der Waals surface area (Å²) in [5, 5.41) is 10.0. The number of rotatable bonds is 9. The molecule has 2 rings (SSSR count). The minimum absolute atomic E-state index is 0.277. The van der Waals surface area contributed by atoms with Crippen LogP contribution in [0, 0.1) is 27.7 Å². The Balaban J connectivity index is 2.14. The predicted molar refractivity (Wildman–Crippen MR) is 123 cm³/mol. The van der Waals surface area contributed by atoms with E-state index in [9.17, 15) is 5.11 Å². The molecule has 0 fully saturated rings. The highest BCUT2D eigenvalue weighted by atomic mass is 16.5. The number of likely N-dealkylation sites (N-methyl/N-ethyl adjacent to an activating group) is 1. The fourth-order valence-corrected chi connectivity index (χ4v) is 3.85. The molecule has 0 amide bonds. The van der Waals surface area contributed by atoms with Gasteiger partial charge < -0.3 is 19.3 Å². The van der Waals surface area contributed by atoms with Crippen molar-refractivity contribution in [2.75, 3.05) is 34.4 Å². The van der Waals surface area contributed by atoms with Crippen molar-refractivity contribution in [3.8, 4) is 23.0 Å². The minimum Gasteiger partial charge on any atom is -0.508 e. The van der Waals surface area contributed by atoms with Crippen LogP contribution in [0.4, 0.5) is 0 Å². The van der Waals surface area contributed by atoms with E-state index in [0.29, 0.717) is 12.4 Å². The maximum absolute atomic E-state index is 10.0. The van der Waals surface area contributed by atoms with Gasteiger partial charge in [-0.2, -0.15) is 0 Å². The summed E-state index contributed by atoms with van der Waals surface area (Å²) < 4.78 is 17.5. The summed E-state index contributed by atoms with van der Waals surface area (Å²) in [6.45, 7) is 14.4. The quantitative estimate of drug-likeness (QED) is 0.604. The highest BCUT2D eigenvalue weighted by Gasteiger charge is 2.20. The molecule has 0 atom stereocenters. The van der Waals surface area contributed by atoms with Crippen molar-refractivity contribution in [2.24, 2.45) is 0 Å². The van der Waals surface area contributed by atoms with Gasteiger partial charge in [-0.3, -0.25) is 4.90 Å². The van der Waals surface area contributed by atoms with Gasteiger partial charge in [-0.25, -0.2) is 0 Å². The second kappa shape index (κ2) is 10.1. The summed E-state index contributed by atoms with van der Waals surface area (Å²) in [6, 6.07) is 3.74. The Kier molecular flexibility index (Phi) is 8.02. The zero-order chi connectivity index (χ0) is 22.6. The fraction of sp³-hybridized carbons (Fsp3) is 0.520. The Bertz CT molecular complexity index is 890. The van der Waals surface area contributed by atoms with Crippen LogP contribution in [0.15, 0.2) is 12.1 Å². The molecule has 0 heterocycles. The van der Waals surface area contributed by atoms with Gasteiger partial charge in [0.1, 0.15) is 29.6 Å². The molecule has 166 valence electrons. The van der Waals surface area contributed by atoms with Gasteiger partial charge in [0.25, 0.3) is 0 Å². The lowest BCUT2D eigenvalue weighted by atomic mass is 9.97. The molecule has 1 N–H and O–H groups in total. The average molecular weight is 416 g/mol. The maximum atomic E-state index is 10.0. The van der Waals surface area contributed by atoms with E-state index in [2.05, 4.69) is 46.6 Å². The standard InChI is InChI=1S/C25H37NO4/c1-15(2)20-13-22(27)16(3)12-23(20)30-11-10-26(7)14-21-19(6)24(28-8)17(4)18(5)25(21)29-9/h12-13,15,27H,10-11,14H2,1-9H3. The van der Waals surface area contributed by atoms with E-state index < -0.39 is 0 Å². The number of nitrogens with zero attached hydrogens (tertiary/aromatic N) is 1. The maximum Gasteiger partial charge on any atom is 0.127 e. The Morgan fingerprint density at radius 1 is 0.933 bits per heavy atom. The van der Waals surface area contributed by atoms with E-state index in [1.54, 1.807) is 14.2 Å². The number of hydrogen-bond acceptors (Lipinski definition) is 5. The largest absolute Gasteiger partial charge is 0.508 e. The number of benzene rings is 2. The Morgan fingerprint density at radius 2 is 1.53 bits per heavy atom. The molecule has 0 aliphatic heterocycles. The molecule has 0 saturated carbocycles. The Morgan fingerprint density at radius 3 is 2.10 bits per heavy atom. The molecule has 5 heteroatoms. The molecule has 0 aliphatic rings. The molecule has 0 saturated heterocycles. The first-order valence-corrected chi connectivity index (χ1v) is 10.5. The van der Waals surface area contributed by atoms with Gasteiger partial charge >= 0.3 is 0 Å². The Labute approximate surface area is 181 Å². The molecule has 0 radical (unpaired) electrons. The number of phenols is 1. The van der Waals surface area contributed by atoms with Crippen LogP contribution in [0.25, 0.3) is 0 Å². The second-order valence-corrected chi connectivity index (χ2v) is 8.34. The molecule has 2 aromatic rings. The Hall–Kier alpha value is -2.40. The molecule has 0 aliphatic carbocycles. The minimum atomic E-state index is 0.277.